The van der Waals surface area contributed by atoms with Gasteiger partial charge in [-0.25, -0.2) is 19.9 Å². The van der Waals surface area contributed by atoms with Gasteiger partial charge < -0.3 is 55.2 Å². The SMILES string of the molecule is C.CC#CC(=O)C[C@@H]1CCCN(c2ccnc(CC(=O)Nc3ccc(-c4cc5c(N6CCOCC6)ncnc5[nH]4)cc3)c2)C1.CC#CC(=O)C[C@@H]1CCCN(c2ccnc(CC(=O)O)c2)C1.Nc1ccc(-c2cc3c(N4CCOCC4)ncnc3[nH]2)cc1. The molecular formula is C67H76N14O7. The van der Waals surface area contributed by atoms with Gasteiger partial charge in [-0.2, -0.15) is 0 Å². The van der Waals surface area contributed by atoms with Crippen LogP contribution in [-0.2, 0) is 41.5 Å². The molecule has 4 aliphatic heterocycles. The molecule has 21 nitrogen and oxygen atoms in total. The predicted octanol–water partition coefficient (Wildman–Crippen LogP) is 8.82. The van der Waals surface area contributed by atoms with E-state index in [9.17, 15) is 19.2 Å². The Balaban J connectivity index is 0.000000172. The number of nitrogens with one attached hydrogen (secondary N) is 3. The Bertz CT molecular complexity index is 3810. The molecule has 2 atom stereocenters. The first-order valence-corrected chi connectivity index (χ1v) is 29.6. The molecule has 8 aromatic rings. The summed E-state index contributed by atoms with van der Waals surface area (Å²) in [6.07, 6.45) is 11.8. The fourth-order valence-electron chi connectivity index (χ4n) is 11.5. The van der Waals surface area contributed by atoms with E-state index in [0.717, 1.165) is 165 Å². The lowest BCUT2D eigenvalue weighted by molar-refractivity contribution is -0.136. The smallest absolute Gasteiger partial charge is 0.309 e. The number of morpholine rings is 2. The number of carbonyl (C=O) groups excluding carboxylic acids is 3. The Hall–Kier alpha value is -9.70. The maximum Gasteiger partial charge on any atom is 0.309 e. The first-order chi connectivity index (χ1) is 42.4. The second-order valence-electron chi connectivity index (χ2n) is 21.9. The van der Waals surface area contributed by atoms with Crippen LogP contribution in [0.15, 0.2) is 110 Å². The molecule has 0 saturated carbocycles. The number of nitrogens with zero attached hydrogens (tertiary/aromatic N) is 10. The van der Waals surface area contributed by atoms with Gasteiger partial charge in [0.1, 0.15) is 35.6 Å². The molecule has 0 bridgehead atoms. The number of carboxylic acids is 1. The number of anilines is 6. The topological polar surface area (TPSA) is 267 Å². The number of aliphatic carboxylic acids is 1. The van der Waals surface area contributed by atoms with E-state index in [1.807, 2.05) is 72.8 Å². The number of hydrogen-bond acceptors (Lipinski definition) is 17. The van der Waals surface area contributed by atoms with Crippen LogP contribution in [0.25, 0.3) is 44.6 Å². The van der Waals surface area contributed by atoms with Crippen LogP contribution < -0.4 is 30.7 Å². The van der Waals surface area contributed by atoms with Gasteiger partial charge in [-0.15, -0.1) is 0 Å². The third-order valence-corrected chi connectivity index (χ3v) is 15.7. The number of aromatic nitrogens is 8. The van der Waals surface area contributed by atoms with Crippen molar-refractivity contribution in [3.8, 4) is 46.2 Å². The summed E-state index contributed by atoms with van der Waals surface area (Å²) in [6, 6.07) is 27.4. The lowest BCUT2D eigenvalue weighted by Gasteiger charge is -2.34. The third-order valence-electron chi connectivity index (χ3n) is 15.7. The highest BCUT2D eigenvalue weighted by atomic mass is 16.5. The zero-order valence-corrected chi connectivity index (χ0v) is 49.1. The maximum atomic E-state index is 12.9. The minimum atomic E-state index is -0.884. The number of ketones is 2. The summed E-state index contributed by atoms with van der Waals surface area (Å²) in [5, 5.41) is 13.9. The van der Waals surface area contributed by atoms with Crippen LogP contribution in [0.4, 0.5) is 34.4 Å². The highest BCUT2D eigenvalue weighted by Gasteiger charge is 2.25. The summed E-state index contributed by atoms with van der Waals surface area (Å²) in [5.41, 5.74) is 16.2. The van der Waals surface area contributed by atoms with Crippen molar-refractivity contribution in [1.29, 1.82) is 0 Å². The molecule has 4 saturated heterocycles. The van der Waals surface area contributed by atoms with Crippen molar-refractivity contribution in [1.82, 2.24) is 39.9 Å². The monoisotopic (exact) mass is 1190 g/mol. The first kappa shape index (κ1) is 62.8. The lowest BCUT2D eigenvalue weighted by Crippen LogP contribution is -2.36. The lowest BCUT2D eigenvalue weighted by atomic mass is 9.92. The first-order valence-electron chi connectivity index (χ1n) is 29.6. The summed E-state index contributed by atoms with van der Waals surface area (Å²) < 4.78 is 10.9. The van der Waals surface area contributed by atoms with E-state index in [-0.39, 0.29) is 43.7 Å². The second-order valence-corrected chi connectivity index (χ2v) is 21.9. The van der Waals surface area contributed by atoms with Crippen molar-refractivity contribution in [2.45, 2.75) is 72.6 Å². The van der Waals surface area contributed by atoms with E-state index in [4.69, 9.17) is 20.3 Å². The Morgan fingerprint density at radius 1 is 0.591 bits per heavy atom. The molecule has 6 aromatic heterocycles. The highest BCUT2D eigenvalue weighted by Crippen LogP contribution is 2.33. The van der Waals surface area contributed by atoms with E-state index >= 15 is 0 Å². The quantitative estimate of drug-likeness (QED) is 0.0364. The number of piperidine rings is 2. The minimum Gasteiger partial charge on any atom is -0.481 e. The van der Waals surface area contributed by atoms with Crippen molar-refractivity contribution in [3.05, 3.63) is 121 Å². The Morgan fingerprint density at radius 3 is 1.50 bits per heavy atom. The van der Waals surface area contributed by atoms with Gasteiger partial charge in [0.15, 0.2) is 0 Å². The average molecular weight is 1190 g/mol. The van der Waals surface area contributed by atoms with E-state index in [1.54, 1.807) is 38.9 Å². The maximum absolute atomic E-state index is 12.9. The molecule has 1 amide bonds. The number of nitrogen functional groups attached to an aromatic ring is 1. The molecule has 0 unspecified atom stereocenters. The minimum absolute atomic E-state index is 0. The van der Waals surface area contributed by atoms with Gasteiger partial charge in [-0.05, 0) is 135 Å². The van der Waals surface area contributed by atoms with Crippen LogP contribution in [0.5, 0.6) is 0 Å². The van der Waals surface area contributed by atoms with Crippen LogP contribution in [-0.4, -0.2) is 147 Å². The molecule has 0 radical (unpaired) electrons. The summed E-state index contributed by atoms with van der Waals surface area (Å²) >= 11 is 0. The largest absolute Gasteiger partial charge is 0.481 e. The van der Waals surface area contributed by atoms with Crippen molar-refractivity contribution >= 4 is 79.9 Å². The van der Waals surface area contributed by atoms with Gasteiger partial charge in [-0.3, -0.25) is 29.1 Å². The Morgan fingerprint density at radius 2 is 1.05 bits per heavy atom. The van der Waals surface area contributed by atoms with Crippen molar-refractivity contribution < 1.29 is 33.8 Å². The molecule has 12 rings (SSSR count). The van der Waals surface area contributed by atoms with Crippen LogP contribution in [0, 0.1) is 35.5 Å². The standard InChI is InChI=1S/C33H35N7O3.C17H20N2O3.C16H17N5O.CH4/c1-2-4-28(41)17-23-5-3-12-40(21-23)27-10-11-34-26(18-27)19-31(42)37-25-8-6-24(7-9-25)30-20-29-32(38-30)35-22-36-33(29)39-13-15-43-16-14-39;1-2-4-16(20)9-13-5-3-8-19(12-13)15-6-7-18-14(10-15)11-17(21)22;17-12-3-1-11(2-4-12)14-9-13-15(20-14)18-10-19-16(13)21-5-7-22-8-6-21;/h6-11,18,20,22-23H,3,5,12-17,19,21H2,1H3,(H,37,42)(H,35,36,38);6-7,10,13H,3,5,8-9,11-12H2,1H3,(H,21,22);1-4,9-10H,5-8,17H2,(H,18,19,20);1H4/t23-;13-;;/m00../s1. The fourth-order valence-corrected chi connectivity index (χ4v) is 11.5. The predicted molar refractivity (Wildman–Crippen MR) is 344 cm³/mol. The van der Waals surface area contributed by atoms with Gasteiger partial charge in [-0.1, -0.05) is 43.5 Å². The van der Waals surface area contributed by atoms with Crippen LogP contribution in [0.2, 0.25) is 0 Å². The molecule has 456 valence electrons. The number of ether oxygens (including phenoxy) is 2. The van der Waals surface area contributed by atoms with Gasteiger partial charge in [0, 0.05) is 112 Å². The van der Waals surface area contributed by atoms with Crippen molar-refractivity contribution in [3.63, 3.8) is 0 Å². The number of benzene rings is 2. The zero-order chi connectivity index (χ0) is 60.5. The number of rotatable bonds is 15. The van der Waals surface area contributed by atoms with Gasteiger partial charge in [0.25, 0.3) is 0 Å². The summed E-state index contributed by atoms with van der Waals surface area (Å²) in [7, 11) is 0. The van der Waals surface area contributed by atoms with E-state index < -0.39 is 5.97 Å². The van der Waals surface area contributed by atoms with Gasteiger partial charge in [0.05, 0.1) is 61.4 Å². The number of pyridine rings is 2. The third kappa shape index (κ3) is 16.8. The molecule has 6 N–H and O–H groups in total. The zero-order valence-electron chi connectivity index (χ0n) is 49.1. The van der Waals surface area contributed by atoms with Crippen LogP contribution in [0.1, 0.15) is 71.2 Å². The fraction of sp³-hybridized carbons (Fsp3) is 0.373. The number of aromatic amines is 2. The number of carboxylic acid groups (broad SMARTS) is 1. The van der Waals surface area contributed by atoms with Gasteiger partial charge in [0.2, 0.25) is 17.5 Å². The molecule has 2 aromatic carbocycles. The van der Waals surface area contributed by atoms with Gasteiger partial charge >= 0.3 is 5.97 Å². The molecule has 4 fully saturated rings. The molecule has 0 aliphatic carbocycles. The highest BCUT2D eigenvalue weighted by molar-refractivity contribution is 5.97. The number of hydrogen-bond donors (Lipinski definition) is 5. The van der Waals surface area contributed by atoms with Crippen LogP contribution in [0.3, 0.4) is 0 Å². The van der Waals surface area contributed by atoms with Crippen molar-refractivity contribution in [2.75, 3.05) is 109 Å². The van der Waals surface area contributed by atoms with E-state index in [0.29, 0.717) is 49.0 Å². The average Bonchev–Trinajstić information content (AvgIpc) is 2.44. The second kappa shape index (κ2) is 30.6. The van der Waals surface area contributed by atoms with E-state index in [2.05, 4.69) is 101 Å². The van der Waals surface area contributed by atoms with E-state index in [1.165, 1.54) is 0 Å². The summed E-state index contributed by atoms with van der Waals surface area (Å²) in [6.45, 7) is 13.0. The number of Topliss-reactive ketones (excluding diaryl/α,β-unsaturated/α-hetero) is 2. The summed E-state index contributed by atoms with van der Waals surface area (Å²) in [4.78, 5) is 89.4. The number of nitrogens with two attached hydrogens (primary N) is 1. The Labute approximate surface area is 512 Å². The Kier molecular flexibility index (Phi) is 21.8. The molecule has 88 heavy (non-hydrogen) atoms. The molecule has 21 heteroatoms. The number of carbonyl (C=O) groups is 4. The van der Waals surface area contributed by atoms with Crippen LogP contribution >= 0.6 is 0 Å². The molecule has 4 aliphatic rings. The summed E-state index contributed by atoms with van der Waals surface area (Å²) in [5.74, 6) is 12.0. The molecular weight excluding hydrogens is 1110 g/mol. The number of fused-ring (bicyclic) bond motifs is 2. The molecule has 0 spiro atoms. The number of H-pyrrole nitrogens is 2. The number of amides is 1. The molecule has 10 heterocycles. The van der Waals surface area contributed by atoms with Crippen molar-refractivity contribution in [2.24, 2.45) is 11.8 Å². The normalized spacial score (nSPS) is 16.5.